The summed E-state index contributed by atoms with van der Waals surface area (Å²) in [5, 5.41) is 4.48. The van der Waals surface area contributed by atoms with Crippen molar-refractivity contribution in [3.63, 3.8) is 0 Å². The molecule has 20 heavy (non-hydrogen) atoms. The smallest absolute Gasteiger partial charge is 0.0499 e. The number of nitrogens with zero attached hydrogens (tertiary/aromatic N) is 1. The molecule has 2 heterocycles. The van der Waals surface area contributed by atoms with Crippen LogP contribution in [0.5, 0.6) is 0 Å². The number of likely N-dealkylation sites (N-methyl/N-ethyl adjacent to an activating group) is 1. The number of nitrogens with one attached hydrogen (secondary N) is 2. The van der Waals surface area contributed by atoms with E-state index in [4.69, 9.17) is 11.6 Å². The zero-order chi connectivity index (χ0) is 13.9. The molecule has 0 saturated carbocycles. The number of halogens is 1. The summed E-state index contributed by atoms with van der Waals surface area (Å²) < 4.78 is 0. The molecule has 1 aromatic carbocycles. The summed E-state index contributed by atoms with van der Waals surface area (Å²) in [4.78, 5) is 5.51. The van der Waals surface area contributed by atoms with E-state index in [9.17, 15) is 0 Å². The number of hydrogen-bond donors (Lipinski definition) is 2. The van der Waals surface area contributed by atoms with Crippen molar-refractivity contribution < 1.29 is 0 Å². The van der Waals surface area contributed by atoms with Gasteiger partial charge in [0.05, 0.1) is 0 Å². The van der Waals surface area contributed by atoms with Gasteiger partial charge in [0.15, 0.2) is 0 Å². The SMILES string of the molecule is CN1CC[C@H](NCc2cc[nH]c2)[C@@H]1c1ccc(Cl)cc1. The Balaban J connectivity index is 1.71. The van der Waals surface area contributed by atoms with Gasteiger partial charge in [0.1, 0.15) is 0 Å². The van der Waals surface area contributed by atoms with Gasteiger partial charge in [-0.1, -0.05) is 23.7 Å². The van der Waals surface area contributed by atoms with Crippen LogP contribution >= 0.6 is 11.6 Å². The summed E-state index contributed by atoms with van der Waals surface area (Å²) in [6.45, 7) is 2.03. The zero-order valence-corrected chi connectivity index (χ0v) is 12.4. The van der Waals surface area contributed by atoms with Gasteiger partial charge in [-0.2, -0.15) is 0 Å². The molecule has 2 atom stereocenters. The minimum atomic E-state index is 0.422. The molecule has 0 spiro atoms. The van der Waals surface area contributed by atoms with Crippen LogP contribution in [0.25, 0.3) is 0 Å². The molecule has 1 saturated heterocycles. The maximum Gasteiger partial charge on any atom is 0.0499 e. The molecule has 0 aliphatic carbocycles. The Morgan fingerprint density at radius 3 is 2.80 bits per heavy atom. The normalized spacial score (nSPS) is 23.3. The molecular weight excluding hydrogens is 270 g/mol. The van der Waals surface area contributed by atoms with E-state index in [1.807, 2.05) is 24.5 Å². The van der Waals surface area contributed by atoms with E-state index >= 15 is 0 Å². The first-order valence-corrected chi connectivity index (χ1v) is 7.42. The van der Waals surface area contributed by atoms with E-state index in [0.29, 0.717) is 12.1 Å². The number of aromatic nitrogens is 1. The Bertz CT molecular complexity index is 535. The van der Waals surface area contributed by atoms with Crippen LogP contribution in [0, 0.1) is 0 Å². The van der Waals surface area contributed by atoms with E-state index in [1.165, 1.54) is 17.5 Å². The minimum Gasteiger partial charge on any atom is -0.367 e. The standard InChI is InChI=1S/C16H20ClN3/c1-20-9-7-15(19-11-12-6-8-18-10-12)16(20)13-2-4-14(17)5-3-13/h2-6,8,10,15-16,18-19H,7,9,11H2,1H3/t15-,16-/m0/s1. The van der Waals surface area contributed by atoms with Gasteiger partial charge in [0.25, 0.3) is 0 Å². The maximum atomic E-state index is 5.99. The Morgan fingerprint density at radius 2 is 2.10 bits per heavy atom. The molecule has 3 nitrogen and oxygen atoms in total. The Morgan fingerprint density at radius 1 is 1.30 bits per heavy atom. The fourth-order valence-corrected chi connectivity index (χ4v) is 3.15. The third-order valence-corrected chi connectivity index (χ3v) is 4.34. The van der Waals surface area contributed by atoms with Crippen LogP contribution in [0.2, 0.25) is 5.02 Å². The quantitative estimate of drug-likeness (QED) is 0.906. The minimum absolute atomic E-state index is 0.422. The summed E-state index contributed by atoms with van der Waals surface area (Å²) in [6.07, 6.45) is 5.19. The molecule has 106 valence electrons. The van der Waals surface area contributed by atoms with Gasteiger partial charge in [0.2, 0.25) is 0 Å². The van der Waals surface area contributed by atoms with Gasteiger partial charge < -0.3 is 10.3 Å². The van der Waals surface area contributed by atoms with Gasteiger partial charge >= 0.3 is 0 Å². The largest absolute Gasteiger partial charge is 0.367 e. The first kappa shape index (κ1) is 13.7. The van der Waals surface area contributed by atoms with Crippen molar-refractivity contribution in [1.29, 1.82) is 0 Å². The van der Waals surface area contributed by atoms with Gasteiger partial charge in [0, 0.05) is 42.6 Å². The molecule has 1 aliphatic rings. The highest BCUT2D eigenvalue weighted by molar-refractivity contribution is 6.30. The molecule has 0 radical (unpaired) electrons. The summed E-state index contributed by atoms with van der Waals surface area (Å²) in [5.74, 6) is 0. The van der Waals surface area contributed by atoms with Crippen molar-refractivity contribution >= 4 is 11.6 Å². The number of hydrogen-bond acceptors (Lipinski definition) is 2. The van der Waals surface area contributed by atoms with Crippen molar-refractivity contribution in [3.05, 3.63) is 58.9 Å². The second-order valence-corrected chi connectivity index (χ2v) is 5.91. The molecule has 1 aromatic heterocycles. The number of rotatable bonds is 4. The van der Waals surface area contributed by atoms with Gasteiger partial charge in [-0.3, -0.25) is 4.90 Å². The summed E-state index contributed by atoms with van der Waals surface area (Å²) in [7, 11) is 2.19. The fraction of sp³-hybridized carbons (Fsp3) is 0.375. The maximum absolute atomic E-state index is 5.99. The van der Waals surface area contributed by atoms with Crippen molar-refractivity contribution in [2.75, 3.05) is 13.6 Å². The van der Waals surface area contributed by atoms with E-state index in [2.05, 4.69) is 40.4 Å². The van der Waals surface area contributed by atoms with Crippen molar-refractivity contribution in [2.24, 2.45) is 0 Å². The molecule has 0 amide bonds. The summed E-state index contributed by atoms with van der Waals surface area (Å²) in [5.41, 5.74) is 2.63. The second kappa shape index (κ2) is 6.00. The highest BCUT2D eigenvalue weighted by Crippen LogP contribution is 2.31. The summed E-state index contributed by atoms with van der Waals surface area (Å²) in [6, 6.07) is 11.3. The lowest BCUT2D eigenvalue weighted by molar-refractivity contribution is 0.286. The van der Waals surface area contributed by atoms with E-state index < -0.39 is 0 Å². The molecule has 3 rings (SSSR count). The third-order valence-electron chi connectivity index (χ3n) is 4.09. The van der Waals surface area contributed by atoms with E-state index in [-0.39, 0.29) is 0 Å². The first-order chi connectivity index (χ1) is 9.74. The van der Waals surface area contributed by atoms with Crippen LogP contribution in [0.1, 0.15) is 23.6 Å². The van der Waals surface area contributed by atoms with Crippen molar-refractivity contribution in [3.8, 4) is 0 Å². The lowest BCUT2D eigenvalue weighted by atomic mass is 10.00. The molecule has 1 aliphatic heterocycles. The third kappa shape index (κ3) is 2.90. The van der Waals surface area contributed by atoms with Crippen molar-refractivity contribution in [2.45, 2.75) is 25.0 Å². The lowest BCUT2D eigenvalue weighted by Crippen LogP contribution is -2.34. The summed E-state index contributed by atoms with van der Waals surface area (Å²) >= 11 is 5.99. The number of H-pyrrole nitrogens is 1. The van der Waals surface area contributed by atoms with Gasteiger partial charge in [-0.05, 0) is 42.8 Å². The van der Waals surface area contributed by atoms with Crippen molar-refractivity contribution in [1.82, 2.24) is 15.2 Å². The molecule has 4 heteroatoms. The fourth-order valence-electron chi connectivity index (χ4n) is 3.02. The number of aromatic amines is 1. The van der Waals surface area contributed by atoms with Crippen LogP contribution in [0.3, 0.4) is 0 Å². The molecular formula is C16H20ClN3. The van der Waals surface area contributed by atoms with Crippen LogP contribution in [0.4, 0.5) is 0 Å². The average Bonchev–Trinajstić information content (AvgIpc) is 3.07. The van der Waals surface area contributed by atoms with Crippen LogP contribution < -0.4 is 5.32 Å². The van der Waals surface area contributed by atoms with Gasteiger partial charge in [-0.15, -0.1) is 0 Å². The number of likely N-dealkylation sites (tertiary alicyclic amines) is 1. The first-order valence-electron chi connectivity index (χ1n) is 7.05. The Kier molecular flexibility index (Phi) is 4.10. The molecule has 2 N–H and O–H groups in total. The predicted octanol–water partition coefficient (Wildman–Crippen LogP) is 3.20. The van der Waals surface area contributed by atoms with Crippen LogP contribution in [-0.4, -0.2) is 29.5 Å². The van der Waals surface area contributed by atoms with E-state index in [0.717, 1.165) is 18.1 Å². The number of benzene rings is 1. The highest BCUT2D eigenvalue weighted by atomic mass is 35.5. The predicted molar refractivity (Wildman–Crippen MR) is 82.9 cm³/mol. The van der Waals surface area contributed by atoms with E-state index in [1.54, 1.807) is 0 Å². The molecule has 2 aromatic rings. The topological polar surface area (TPSA) is 31.1 Å². The average molecular weight is 290 g/mol. The highest BCUT2D eigenvalue weighted by Gasteiger charge is 2.32. The van der Waals surface area contributed by atoms with Crippen LogP contribution in [-0.2, 0) is 6.54 Å². The Labute approximate surface area is 124 Å². The molecule has 0 unspecified atom stereocenters. The molecule has 1 fully saturated rings. The monoisotopic (exact) mass is 289 g/mol. The van der Waals surface area contributed by atoms with Gasteiger partial charge in [-0.25, -0.2) is 0 Å². The lowest BCUT2D eigenvalue weighted by Gasteiger charge is -2.26. The molecule has 0 bridgehead atoms. The Hall–Kier alpha value is -1.29. The zero-order valence-electron chi connectivity index (χ0n) is 11.6. The van der Waals surface area contributed by atoms with Crippen LogP contribution in [0.15, 0.2) is 42.7 Å². The second-order valence-electron chi connectivity index (χ2n) is 5.47.